The van der Waals surface area contributed by atoms with E-state index in [4.69, 9.17) is 27.3 Å². The van der Waals surface area contributed by atoms with Crippen LogP contribution in [-0.4, -0.2) is 0 Å². The standard InChI is InChI=1S/C14H10ClFN2O/c15-12-3-2-11(18)6-14(12)19-8-9-1-4-13(16)10(5-9)7-17/h1-6H,8,18H2. The van der Waals surface area contributed by atoms with Gasteiger partial charge in [0, 0.05) is 11.8 Å². The van der Waals surface area contributed by atoms with E-state index in [0.29, 0.717) is 22.0 Å². The Morgan fingerprint density at radius 1 is 1.26 bits per heavy atom. The van der Waals surface area contributed by atoms with Gasteiger partial charge in [0.15, 0.2) is 0 Å². The van der Waals surface area contributed by atoms with Gasteiger partial charge in [0.2, 0.25) is 0 Å². The average molecular weight is 277 g/mol. The predicted molar refractivity (Wildman–Crippen MR) is 71.3 cm³/mol. The molecule has 2 rings (SSSR count). The molecule has 19 heavy (non-hydrogen) atoms. The molecule has 0 saturated heterocycles. The number of benzene rings is 2. The molecule has 0 spiro atoms. The quantitative estimate of drug-likeness (QED) is 0.873. The summed E-state index contributed by atoms with van der Waals surface area (Å²) in [5.41, 5.74) is 6.83. The van der Waals surface area contributed by atoms with Crippen LogP contribution in [-0.2, 0) is 6.61 Å². The lowest BCUT2D eigenvalue weighted by molar-refractivity contribution is 0.306. The number of nitrogens with zero attached hydrogens (tertiary/aromatic N) is 1. The van der Waals surface area contributed by atoms with Gasteiger partial charge < -0.3 is 10.5 Å². The molecule has 0 aliphatic heterocycles. The van der Waals surface area contributed by atoms with E-state index in [1.807, 2.05) is 0 Å². The van der Waals surface area contributed by atoms with Crippen molar-refractivity contribution in [3.63, 3.8) is 0 Å². The highest BCUT2D eigenvalue weighted by molar-refractivity contribution is 6.32. The highest BCUT2D eigenvalue weighted by Crippen LogP contribution is 2.27. The van der Waals surface area contributed by atoms with Crippen molar-refractivity contribution < 1.29 is 9.13 Å². The molecule has 0 aromatic heterocycles. The number of nitriles is 1. The maximum Gasteiger partial charge on any atom is 0.140 e. The van der Waals surface area contributed by atoms with Crippen molar-refractivity contribution in [1.29, 1.82) is 5.26 Å². The molecular weight excluding hydrogens is 267 g/mol. The Balaban J connectivity index is 2.15. The molecule has 0 unspecified atom stereocenters. The molecule has 0 atom stereocenters. The summed E-state index contributed by atoms with van der Waals surface area (Å²) in [5, 5.41) is 9.18. The first-order valence-electron chi connectivity index (χ1n) is 5.46. The minimum atomic E-state index is -0.548. The summed E-state index contributed by atoms with van der Waals surface area (Å²) < 4.78 is 18.6. The first-order chi connectivity index (χ1) is 9.10. The number of hydrogen-bond donors (Lipinski definition) is 1. The van der Waals surface area contributed by atoms with E-state index in [1.165, 1.54) is 12.1 Å². The highest BCUT2D eigenvalue weighted by atomic mass is 35.5. The van der Waals surface area contributed by atoms with Crippen LogP contribution in [0.1, 0.15) is 11.1 Å². The normalized spacial score (nSPS) is 9.95. The van der Waals surface area contributed by atoms with E-state index >= 15 is 0 Å². The molecule has 96 valence electrons. The van der Waals surface area contributed by atoms with Gasteiger partial charge in [-0.3, -0.25) is 0 Å². The molecule has 3 nitrogen and oxygen atoms in total. The highest BCUT2D eigenvalue weighted by Gasteiger charge is 2.05. The van der Waals surface area contributed by atoms with E-state index in [1.54, 1.807) is 30.3 Å². The number of ether oxygens (including phenoxy) is 1. The van der Waals surface area contributed by atoms with Crippen LogP contribution in [0.4, 0.5) is 10.1 Å². The summed E-state index contributed by atoms with van der Waals surface area (Å²) in [4.78, 5) is 0. The van der Waals surface area contributed by atoms with Crippen LogP contribution >= 0.6 is 11.6 Å². The van der Waals surface area contributed by atoms with Gasteiger partial charge in [-0.15, -0.1) is 0 Å². The fourth-order valence-electron chi connectivity index (χ4n) is 1.54. The number of nitrogens with two attached hydrogens (primary N) is 1. The Bertz CT molecular complexity index is 652. The number of anilines is 1. The third-order valence-electron chi connectivity index (χ3n) is 2.50. The van der Waals surface area contributed by atoms with Gasteiger partial charge >= 0.3 is 0 Å². The second-order valence-corrected chi connectivity index (χ2v) is 4.31. The van der Waals surface area contributed by atoms with Gasteiger partial charge in [-0.2, -0.15) is 5.26 Å². The molecule has 0 fully saturated rings. The Labute approximate surface area is 115 Å². The van der Waals surface area contributed by atoms with Crippen LogP contribution in [0.15, 0.2) is 36.4 Å². The molecule has 5 heteroatoms. The zero-order valence-electron chi connectivity index (χ0n) is 9.86. The van der Waals surface area contributed by atoms with Gasteiger partial charge in [-0.1, -0.05) is 17.7 Å². The number of halogens is 2. The lowest BCUT2D eigenvalue weighted by atomic mass is 10.1. The fourth-order valence-corrected chi connectivity index (χ4v) is 1.71. The van der Waals surface area contributed by atoms with E-state index in [2.05, 4.69) is 0 Å². The van der Waals surface area contributed by atoms with Crippen LogP contribution in [0.2, 0.25) is 5.02 Å². The summed E-state index contributed by atoms with van der Waals surface area (Å²) in [5.74, 6) is -0.0993. The minimum absolute atomic E-state index is 0.0141. The van der Waals surface area contributed by atoms with Crippen molar-refractivity contribution in [1.82, 2.24) is 0 Å². The largest absolute Gasteiger partial charge is 0.487 e. The monoisotopic (exact) mass is 276 g/mol. The Morgan fingerprint density at radius 3 is 2.79 bits per heavy atom. The molecule has 0 aliphatic carbocycles. The van der Waals surface area contributed by atoms with Crippen LogP contribution in [0.5, 0.6) is 5.75 Å². The second-order valence-electron chi connectivity index (χ2n) is 3.90. The summed E-state index contributed by atoms with van der Waals surface area (Å²) in [6, 6.07) is 10.9. The first-order valence-corrected chi connectivity index (χ1v) is 5.84. The van der Waals surface area contributed by atoms with Gasteiger partial charge in [-0.05, 0) is 29.8 Å². The molecule has 2 N–H and O–H groups in total. The van der Waals surface area contributed by atoms with E-state index in [9.17, 15) is 4.39 Å². The Hall–Kier alpha value is -2.25. The lowest BCUT2D eigenvalue weighted by Gasteiger charge is -2.09. The summed E-state index contributed by atoms with van der Waals surface area (Å²) in [7, 11) is 0. The molecule has 0 heterocycles. The van der Waals surface area contributed by atoms with Crippen molar-refractivity contribution in [3.8, 4) is 11.8 Å². The maximum absolute atomic E-state index is 13.1. The average Bonchev–Trinajstić information content (AvgIpc) is 2.41. The molecule has 0 radical (unpaired) electrons. The van der Waals surface area contributed by atoms with Crippen molar-refractivity contribution in [2.24, 2.45) is 0 Å². The number of hydrogen-bond acceptors (Lipinski definition) is 3. The molecule has 0 aliphatic rings. The van der Waals surface area contributed by atoms with Crippen molar-refractivity contribution in [3.05, 3.63) is 58.4 Å². The molecule has 0 amide bonds. The van der Waals surface area contributed by atoms with E-state index in [-0.39, 0.29) is 12.2 Å². The lowest BCUT2D eigenvalue weighted by Crippen LogP contribution is -1.98. The maximum atomic E-state index is 13.1. The number of nitrogen functional groups attached to an aromatic ring is 1. The zero-order valence-corrected chi connectivity index (χ0v) is 10.6. The summed E-state index contributed by atoms with van der Waals surface area (Å²) in [6.07, 6.45) is 0. The van der Waals surface area contributed by atoms with Crippen molar-refractivity contribution >= 4 is 17.3 Å². The van der Waals surface area contributed by atoms with Crippen LogP contribution in [0.25, 0.3) is 0 Å². The topological polar surface area (TPSA) is 59.0 Å². The van der Waals surface area contributed by atoms with E-state index in [0.717, 1.165) is 0 Å². The zero-order chi connectivity index (χ0) is 13.8. The SMILES string of the molecule is N#Cc1cc(COc2cc(N)ccc2Cl)ccc1F. The van der Waals surface area contributed by atoms with Crippen molar-refractivity contribution in [2.75, 3.05) is 5.73 Å². The Morgan fingerprint density at radius 2 is 2.05 bits per heavy atom. The molecule has 2 aromatic rings. The second kappa shape index (κ2) is 5.59. The van der Waals surface area contributed by atoms with Crippen LogP contribution < -0.4 is 10.5 Å². The Kier molecular flexibility index (Phi) is 3.88. The van der Waals surface area contributed by atoms with Gasteiger partial charge in [0.1, 0.15) is 24.2 Å². The van der Waals surface area contributed by atoms with Gasteiger partial charge in [0.05, 0.1) is 10.6 Å². The van der Waals surface area contributed by atoms with Crippen molar-refractivity contribution in [2.45, 2.75) is 6.61 Å². The summed E-state index contributed by atoms with van der Waals surface area (Å²) in [6.45, 7) is 0.179. The van der Waals surface area contributed by atoms with Gasteiger partial charge in [-0.25, -0.2) is 4.39 Å². The van der Waals surface area contributed by atoms with Crippen LogP contribution in [0, 0.1) is 17.1 Å². The van der Waals surface area contributed by atoms with Gasteiger partial charge in [0.25, 0.3) is 0 Å². The molecular formula is C14H10ClFN2O. The first kappa shape index (κ1) is 13.2. The molecule has 0 saturated carbocycles. The summed E-state index contributed by atoms with van der Waals surface area (Å²) >= 11 is 5.95. The third-order valence-corrected chi connectivity index (χ3v) is 2.81. The molecule has 0 bridgehead atoms. The predicted octanol–water partition coefficient (Wildman–Crippen LogP) is 3.51. The third kappa shape index (κ3) is 3.15. The fraction of sp³-hybridized carbons (Fsp3) is 0.0714. The van der Waals surface area contributed by atoms with E-state index < -0.39 is 5.82 Å². The number of rotatable bonds is 3. The smallest absolute Gasteiger partial charge is 0.140 e. The minimum Gasteiger partial charge on any atom is -0.487 e. The molecule has 2 aromatic carbocycles. The van der Waals surface area contributed by atoms with Crippen LogP contribution in [0.3, 0.4) is 0 Å².